The second kappa shape index (κ2) is 8.21. The lowest BCUT2D eigenvalue weighted by Gasteiger charge is -2.37. The molecule has 1 heterocycles. The molecule has 0 radical (unpaired) electrons. The number of rotatable bonds is 6. The summed E-state index contributed by atoms with van der Waals surface area (Å²) in [6, 6.07) is 1.79. The van der Waals surface area contributed by atoms with Gasteiger partial charge in [-0.15, -0.1) is 4.72 Å². The molecule has 3 atom stereocenters. The van der Waals surface area contributed by atoms with Crippen LogP contribution in [0.2, 0.25) is 0 Å². The molecule has 0 aromatic carbocycles. The van der Waals surface area contributed by atoms with Gasteiger partial charge in [-0.1, -0.05) is 0 Å². The molecule has 26 heavy (non-hydrogen) atoms. The van der Waals surface area contributed by atoms with E-state index in [1.165, 1.54) is 20.8 Å². The molecule has 1 unspecified atom stereocenters. The minimum absolute atomic E-state index is 0.122. The van der Waals surface area contributed by atoms with Crippen LogP contribution in [0, 0.1) is 5.82 Å². The fourth-order valence-corrected chi connectivity index (χ4v) is 3.11. The third-order valence-corrected chi connectivity index (χ3v) is 5.43. The van der Waals surface area contributed by atoms with Gasteiger partial charge in [0.05, 0.1) is 0 Å². The minimum atomic E-state index is -5.24. The number of hydrogen-bond donors (Lipinski definition) is 2. The molecule has 1 aromatic rings. The zero-order valence-corrected chi connectivity index (χ0v) is 16.3. The van der Waals surface area contributed by atoms with Gasteiger partial charge < -0.3 is 9.66 Å². The van der Waals surface area contributed by atoms with Gasteiger partial charge in [0.25, 0.3) is 6.43 Å². The highest BCUT2D eigenvalue weighted by molar-refractivity contribution is 9.10. The Balaban J connectivity index is 3.57. The first kappa shape index (κ1) is 23.5. The van der Waals surface area contributed by atoms with Gasteiger partial charge >= 0.3 is 6.18 Å². The van der Waals surface area contributed by atoms with Gasteiger partial charge in [-0.05, 0) is 48.8 Å². The van der Waals surface area contributed by atoms with Crippen molar-refractivity contribution < 1.29 is 36.0 Å². The van der Waals surface area contributed by atoms with E-state index < -0.39 is 58.3 Å². The second-order valence-corrected chi connectivity index (χ2v) is 9.26. The average Bonchev–Trinajstić information content (AvgIpc) is 2.46. The molecule has 0 amide bonds. The number of hydrogen-bond acceptors (Lipinski definition) is 4. The third-order valence-electron chi connectivity index (χ3n) is 3.33. The van der Waals surface area contributed by atoms with Gasteiger partial charge in [0.1, 0.15) is 20.9 Å². The van der Waals surface area contributed by atoms with Crippen molar-refractivity contribution in [3.63, 3.8) is 0 Å². The minimum Gasteiger partial charge on any atom is -0.598 e. The number of alkyl halides is 5. The fraction of sp³-hybridized carbons (Fsp3) is 0.643. The number of halogens is 7. The number of aliphatic hydroxyl groups is 1. The van der Waals surface area contributed by atoms with E-state index in [1.54, 1.807) is 0 Å². The van der Waals surface area contributed by atoms with Crippen LogP contribution in [-0.4, -0.2) is 38.1 Å². The Kier molecular flexibility index (Phi) is 7.41. The van der Waals surface area contributed by atoms with E-state index >= 15 is 0 Å². The molecular weight excluding hydrogens is 454 g/mol. The standard InChI is InChI=1S/C14H17BrF6N2O2S/c1-12(2,3)26(25)23-13(11(17)18,6-8(24)14(19,20)21)10-7(16)4-5-9(15)22-10/h4-5,8,11,23-24H,6H2,1-3H3/t8-,13?,26+/m0/s1. The lowest BCUT2D eigenvalue weighted by Crippen LogP contribution is -2.58. The lowest BCUT2D eigenvalue weighted by atomic mass is 9.88. The van der Waals surface area contributed by atoms with Gasteiger partial charge in [-0.3, -0.25) is 0 Å². The molecule has 150 valence electrons. The normalized spacial score (nSPS) is 17.9. The van der Waals surface area contributed by atoms with E-state index in [2.05, 4.69) is 20.9 Å². The quantitative estimate of drug-likeness (QED) is 0.376. The molecule has 0 aliphatic rings. The van der Waals surface area contributed by atoms with Crippen LogP contribution in [0.25, 0.3) is 0 Å². The van der Waals surface area contributed by atoms with E-state index in [-0.39, 0.29) is 4.60 Å². The molecule has 0 bridgehead atoms. The number of nitrogens with one attached hydrogen (secondary N) is 1. The summed E-state index contributed by atoms with van der Waals surface area (Å²) in [7, 11) is 0. The number of pyridine rings is 1. The first-order valence-electron chi connectivity index (χ1n) is 7.16. The number of aromatic nitrogens is 1. The topological polar surface area (TPSA) is 68.2 Å². The molecule has 0 saturated heterocycles. The van der Waals surface area contributed by atoms with Crippen molar-refractivity contribution in [2.45, 2.75) is 56.2 Å². The Morgan fingerprint density at radius 3 is 2.23 bits per heavy atom. The summed E-state index contributed by atoms with van der Waals surface area (Å²) in [6.07, 6.45) is -13.8. The molecule has 0 saturated carbocycles. The van der Waals surface area contributed by atoms with E-state index in [0.717, 1.165) is 12.1 Å². The van der Waals surface area contributed by atoms with Gasteiger partial charge in [0.2, 0.25) is 0 Å². The van der Waals surface area contributed by atoms with Crippen LogP contribution < -0.4 is 4.72 Å². The van der Waals surface area contributed by atoms with Crippen LogP contribution in [0.5, 0.6) is 0 Å². The maximum atomic E-state index is 14.2. The zero-order chi connectivity index (χ0) is 20.5. The molecule has 4 nitrogen and oxygen atoms in total. The fourth-order valence-electron chi connectivity index (χ4n) is 1.89. The largest absolute Gasteiger partial charge is 0.598 e. The Bertz CT molecular complexity index is 604. The number of aliphatic hydroxyl groups excluding tert-OH is 1. The summed E-state index contributed by atoms with van der Waals surface area (Å²) < 4.78 is 93.4. The predicted octanol–water partition coefficient (Wildman–Crippen LogP) is 3.81. The third kappa shape index (κ3) is 5.47. The summed E-state index contributed by atoms with van der Waals surface area (Å²) in [6.45, 7) is 4.16. The Morgan fingerprint density at radius 1 is 1.27 bits per heavy atom. The van der Waals surface area contributed by atoms with Crippen LogP contribution >= 0.6 is 15.9 Å². The van der Waals surface area contributed by atoms with Crippen LogP contribution in [0.1, 0.15) is 32.9 Å². The summed E-state index contributed by atoms with van der Waals surface area (Å²) >= 11 is 0.522. The van der Waals surface area contributed by atoms with Gasteiger partial charge in [-0.2, -0.15) is 13.2 Å². The van der Waals surface area contributed by atoms with Crippen LogP contribution in [-0.2, 0) is 16.9 Å². The summed E-state index contributed by atoms with van der Waals surface area (Å²) in [5.41, 5.74) is -4.22. The van der Waals surface area contributed by atoms with Gasteiger partial charge in [0.15, 0.2) is 11.6 Å². The Morgan fingerprint density at radius 2 is 1.81 bits per heavy atom. The van der Waals surface area contributed by atoms with Gasteiger partial charge in [-0.25, -0.2) is 18.2 Å². The molecule has 0 fully saturated rings. The van der Waals surface area contributed by atoms with Crippen LogP contribution in [0.4, 0.5) is 26.3 Å². The molecule has 12 heteroatoms. The smallest absolute Gasteiger partial charge is 0.414 e. The predicted molar refractivity (Wildman–Crippen MR) is 87.3 cm³/mol. The maximum Gasteiger partial charge on any atom is 0.414 e. The van der Waals surface area contributed by atoms with Crippen LogP contribution in [0.15, 0.2) is 16.7 Å². The first-order valence-corrected chi connectivity index (χ1v) is 9.10. The zero-order valence-electron chi connectivity index (χ0n) is 13.9. The molecule has 0 aliphatic carbocycles. The second-order valence-electron chi connectivity index (χ2n) is 6.48. The molecule has 1 rings (SSSR count). The molecule has 0 aliphatic heterocycles. The Hall–Kier alpha value is -0.560. The lowest BCUT2D eigenvalue weighted by molar-refractivity contribution is -0.214. The average molecular weight is 471 g/mol. The van der Waals surface area contributed by atoms with Crippen LogP contribution in [0.3, 0.4) is 0 Å². The van der Waals surface area contributed by atoms with Crippen molar-refractivity contribution in [3.8, 4) is 0 Å². The molecular formula is C14H17BrF6N2O2S. The molecule has 2 N–H and O–H groups in total. The van der Waals surface area contributed by atoms with Crippen molar-refractivity contribution in [2.75, 3.05) is 0 Å². The van der Waals surface area contributed by atoms with Crippen molar-refractivity contribution in [2.24, 2.45) is 0 Å². The monoisotopic (exact) mass is 470 g/mol. The van der Waals surface area contributed by atoms with Gasteiger partial charge in [0, 0.05) is 17.8 Å². The van der Waals surface area contributed by atoms with E-state index in [4.69, 9.17) is 0 Å². The molecule has 0 spiro atoms. The van der Waals surface area contributed by atoms with Crippen molar-refractivity contribution in [3.05, 3.63) is 28.2 Å². The van der Waals surface area contributed by atoms with Crippen molar-refractivity contribution in [1.82, 2.24) is 9.71 Å². The molecule has 1 aromatic heterocycles. The highest BCUT2D eigenvalue weighted by Gasteiger charge is 2.55. The number of nitrogens with zero attached hydrogens (tertiary/aromatic N) is 1. The first-order chi connectivity index (χ1) is 11.6. The SMILES string of the molecule is CC(C)(C)[S@@+]([O-])NC(C[C@H](O)C(F)(F)F)(c1nc(Br)ccc1F)C(F)F. The van der Waals surface area contributed by atoms with Crippen molar-refractivity contribution >= 4 is 27.3 Å². The highest BCUT2D eigenvalue weighted by atomic mass is 79.9. The summed E-state index contributed by atoms with van der Waals surface area (Å²) in [5, 5.41) is 9.35. The summed E-state index contributed by atoms with van der Waals surface area (Å²) in [5.74, 6) is -1.33. The van der Waals surface area contributed by atoms with E-state index in [0.29, 0.717) is 0 Å². The van der Waals surface area contributed by atoms with Crippen molar-refractivity contribution in [1.29, 1.82) is 0 Å². The summed E-state index contributed by atoms with van der Waals surface area (Å²) in [4.78, 5) is 3.52. The maximum absolute atomic E-state index is 14.2. The highest BCUT2D eigenvalue weighted by Crippen LogP contribution is 2.39. The van der Waals surface area contributed by atoms with E-state index in [9.17, 15) is 36.0 Å². The Labute approximate surface area is 157 Å². The van der Waals surface area contributed by atoms with E-state index in [1.807, 2.05) is 4.72 Å².